The van der Waals surface area contributed by atoms with Gasteiger partial charge in [0, 0.05) is 20.1 Å². The van der Waals surface area contributed by atoms with Crippen LogP contribution < -0.4 is 15.1 Å². The third-order valence-corrected chi connectivity index (χ3v) is 5.33. The summed E-state index contributed by atoms with van der Waals surface area (Å²) in [7, 11) is 1.88. The molecule has 0 saturated carbocycles. The maximum atomic E-state index is 14.7. The molecule has 1 N–H and O–H groups in total. The van der Waals surface area contributed by atoms with Crippen molar-refractivity contribution in [1.29, 1.82) is 0 Å². The molecule has 0 radical (unpaired) electrons. The Labute approximate surface area is 174 Å². The molecule has 152 valence electrons. The number of halogens is 1. The number of nitrogens with zero attached hydrogens (tertiary/aromatic N) is 3. The number of hydrogen-bond donors (Lipinski definition) is 1. The summed E-state index contributed by atoms with van der Waals surface area (Å²) >= 11 is 10.4. The number of likely N-dealkylation sites (N-methyl/N-ethyl adjacent to an activating group) is 1. The molecule has 0 aliphatic carbocycles. The van der Waals surface area contributed by atoms with Gasteiger partial charge in [-0.2, -0.15) is 0 Å². The minimum absolute atomic E-state index is 0.276. The summed E-state index contributed by atoms with van der Waals surface area (Å²) in [5, 5.41) is 3.78. The van der Waals surface area contributed by atoms with E-state index in [9.17, 15) is 9.18 Å². The Kier molecular flexibility index (Phi) is 6.50. The number of benzene rings is 1. The van der Waals surface area contributed by atoms with E-state index in [1.165, 1.54) is 11.0 Å². The Bertz CT molecular complexity index is 779. The minimum Gasteiger partial charge on any atom is -0.471 e. The van der Waals surface area contributed by atoms with E-state index in [4.69, 9.17) is 33.9 Å². The summed E-state index contributed by atoms with van der Waals surface area (Å²) in [5.41, 5.74) is 0.847. The van der Waals surface area contributed by atoms with E-state index in [1.54, 1.807) is 17.0 Å². The van der Waals surface area contributed by atoms with Crippen LogP contribution in [0.15, 0.2) is 18.2 Å². The number of carbonyl (C=O) groups excluding carboxylic acids is 1. The number of anilines is 2. The van der Waals surface area contributed by atoms with Crippen LogP contribution in [0.5, 0.6) is 0 Å². The van der Waals surface area contributed by atoms with Gasteiger partial charge in [0.05, 0.1) is 31.1 Å². The minimum atomic E-state index is -0.518. The quantitative estimate of drug-likeness (QED) is 0.697. The second kappa shape index (κ2) is 8.87. The van der Waals surface area contributed by atoms with Gasteiger partial charge in [0.15, 0.2) is 5.11 Å². The monoisotopic (exact) mass is 426 g/mol. The fourth-order valence-electron chi connectivity index (χ4n) is 3.04. The van der Waals surface area contributed by atoms with Crippen molar-refractivity contribution in [3.8, 4) is 0 Å². The van der Waals surface area contributed by atoms with Crippen molar-refractivity contribution in [3.05, 3.63) is 24.0 Å². The van der Waals surface area contributed by atoms with Gasteiger partial charge in [-0.05, 0) is 49.1 Å². The van der Waals surface area contributed by atoms with Crippen molar-refractivity contribution >= 4 is 52.2 Å². The molecular weight excluding hydrogens is 403 g/mol. The molecule has 0 spiro atoms. The summed E-state index contributed by atoms with van der Waals surface area (Å²) < 4.78 is 25.3. The number of cyclic esters (lactones) is 1. The molecule has 1 aromatic rings. The molecule has 1 atom stereocenters. The average Bonchev–Trinajstić information content (AvgIpc) is 3.21. The third kappa shape index (κ3) is 4.44. The number of nitrogens with one attached hydrogen (secondary N) is 1. The average molecular weight is 427 g/mol. The second-order valence-corrected chi connectivity index (χ2v) is 7.36. The highest BCUT2D eigenvalue weighted by Crippen LogP contribution is 2.29. The molecule has 3 rings (SSSR count). The molecule has 7 nitrogen and oxygen atoms in total. The molecule has 0 bridgehead atoms. The Morgan fingerprint density at radius 2 is 2.18 bits per heavy atom. The summed E-state index contributed by atoms with van der Waals surface area (Å²) in [4.78, 5) is 17.3. The normalized spacial score (nSPS) is 19.2. The van der Waals surface area contributed by atoms with E-state index in [2.05, 4.69) is 5.32 Å². The van der Waals surface area contributed by atoms with Gasteiger partial charge in [0.2, 0.25) is 0 Å². The van der Waals surface area contributed by atoms with Gasteiger partial charge in [-0.25, -0.2) is 9.18 Å². The van der Waals surface area contributed by atoms with E-state index < -0.39 is 18.0 Å². The van der Waals surface area contributed by atoms with E-state index >= 15 is 0 Å². The predicted molar refractivity (Wildman–Crippen MR) is 113 cm³/mol. The molecule has 2 aliphatic rings. The van der Waals surface area contributed by atoms with Gasteiger partial charge in [-0.1, -0.05) is 6.92 Å². The van der Waals surface area contributed by atoms with Crippen molar-refractivity contribution in [3.63, 3.8) is 0 Å². The first-order valence-electron chi connectivity index (χ1n) is 9.11. The van der Waals surface area contributed by atoms with Crippen LogP contribution in [0.25, 0.3) is 0 Å². The number of hydrogen-bond acceptors (Lipinski definition) is 5. The zero-order chi connectivity index (χ0) is 20.3. The third-order valence-electron chi connectivity index (χ3n) is 4.54. The summed E-state index contributed by atoms with van der Waals surface area (Å²) in [5.74, 6) is -0.432. The maximum absolute atomic E-state index is 14.7. The number of amides is 1. The van der Waals surface area contributed by atoms with E-state index in [0.717, 1.165) is 13.0 Å². The standard InChI is InChI=1S/C18H23FN4O3S2/c1-3-8-25-16(27)20-10-13-11-23(18(24)26-13)12-4-5-15(14(19)9-12)22-7-6-21(2)17(22)28/h4-5,9,13H,3,6-8,10-11H2,1-2H3,(H,20,27)/t13-/m0/s1. The van der Waals surface area contributed by atoms with Crippen LogP contribution in [0.2, 0.25) is 0 Å². The molecule has 2 saturated heterocycles. The highest BCUT2D eigenvalue weighted by Gasteiger charge is 2.33. The Morgan fingerprint density at radius 3 is 2.82 bits per heavy atom. The number of carbonyl (C=O) groups is 1. The topological polar surface area (TPSA) is 57.3 Å². The predicted octanol–water partition coefficient (Wildman–Crippen LogP) is 2.49. The van der Waals surface area contributed by atoms with Crippen LogP contribution in [-0.2, 0) is 9.47 Å². The fraction of sp³-hybridized carbons (Fsp3) is 0.500. The van der Waals surface area contributed by atoms with Gasteiger partial charge in [-0.15, -0.1) is 0 Å². The van der Waals surface area contributed by atoms with Crippen LogP contribution in [0.1, 0.15) is 13.3 Å². The molecule has 0 unspecified atom stereocenters. The van der Waals surface area contributed by atoms with Crippen molar-refractivity contribution in [1.82, 2.24) is 10.2 Å². The molecule has 10 heteroatoms. The largest absolute Gasteiger partial charge is 0.471 e. The van der Waals surface area contributed by atoms with Crippen LogP contribution in [-0.4, -0.2) is 67.2 Å². The van der Waals surface area contributed by atoms with Crippen molar-refractivity contribution in [2.75, 3.05) is 49.6 Å². The summed E-state index contributed by atoms with van der Waals surface area (Å²) in [6.45, 7) is 4.52. The van der Waals surface area contributed by atoms with E-state index in [0.29, 0.717) is 42.7 Å². The molecule has 1 aromatic carbocycles. The number of thiocarbonyl (C=S) groups is 2. The van der Waals surface area contributed by atoms with Crippen LogP contribution in [0, 0.1) is 5.82 Å². The van der Waals surface area contributed by atoms with Crippen LogP contribution in [0.4, 0.5) is 20.6 Å². The number of rotatable bonds is 6. The molecule has 28 heavy (non-hydrogen) atoms. The van der Waals surface area contributed by atoms with Gasteiger partial charge >= 0.3 is 6.09 Å². The first kappa shape index (κ1) is 20.5. The van der Waals surface area contributed by atoms with E-state index in [-0.39, 0.29) is 5.17 Å². The van der Waals surface area contributed by atoms with Crippen molar-refractivity contribution in [2.45, 2.75) is 19.4 Å². The first-order valence-corrected chi connectivity index (χ1v) is 9.93. The zero-order valence-corrected chi connectivity index (χ0v) is 17.4. The van der Waals surface area contributed by atoms with Gasteiger partial charge in [-0.3, -0.25) is 4.90 Å². The lowest BCUT2D eigenvalue weighted by atomic mass is 10.2. The van der Waals surface area contributed by atoms with Crippen molar-refractivity contribution in [2.24, 2.45) is 0 Å². The van der Waals surface area contributed by atoms with Gasteiger partial charge in [0.25, 0.3) is 5.17 Å². The lowest BCUT2D eigenvalue weighted by molar-refractivity contribution is 0.141. The van der Waals surface area contributed by atoms with Crippen LogP contribution in [0.3, 0.4) is 0 Å². The SMILES string of the molecule is CCCOC(=S)NC[C@H]1CN(c2ccc(N3CCN(C)C3=S)c(F)c2)C(=O)O1. The molecule has 2 aliphatic heterocycles. The highest BCUT2D eigenvalue weighted by molar-refractivity contribution is 7.80. The summed E-state index contributed by atoms with van der Waals surface area (Å²) in [6.07, 6.45) is -0.0671. The fourth-order valence-corrected chi connectivity index (χ4v) is 3.48. The first-order chi connectivity index (χ1) is 13.4. The molecular formula is C18H23FN4O3S2. The Balaban J connectivity index is 1.62. The highest BCUT2D eigenvalue weighted by atomic mass is 32.1. The zero-order valence-electron chi connectivity index (χ0n) is 15.8. The van der Waals surface area contributed by atoms with Gasteiger partial charge in [0.1, 0.15) is 11.9 Å². The van der Waals surface area contributed by atoms with Gasteiger partial charge < -0.3 is 24.6 Å². The molecule has 1 amide bonds. The lowest BCUT2D eigenvalue weighted by Gasteiger charge is -2.21. The van der Waals surface area contributed by atoms with E-state index in [1.807, 2.05) is 18.9 Å². The number of ether oxygens (including phenoxy) is 2. The van der Waals surface area contributed by atoms with Crippen molar-refractivity contribution < 1.29 is 18.7 Å². The maximum Gasteiger partial charge on any atom is 0.414 e. The lowest BCUT2D eigenvalue weighted by Crippen LogP contribution is -2.35. The molecule has 2 fully saturated rings. The second-order valence-electron chi connectivity index (χ2n) is 6.62. The molecule has 2 heterocycles. The van der Waals surface area contributed by atoms with Crippen LogP contribution >= 0.6 is 24.4 Å². The smallest absolute Gasteiger partial charge is 0.414 e. The Morgan fingerprint density at radius 1 is 1.39 bits per heavy atom. The summed E-state index contributed by atoms with van der Waals surface area (Å²) in [6, 6.07) is 4.68. The Hall–Kier alpha value is -2.20. The molecule has 0 aromatic heterocycles.